The van der Waals surface area contributed by atoms with Gasteiger partial charge in [0.25, 0.3) is 0 Å². The van der Waals surface area contributed by atoms with Crippen molar-refractivity contribution in [3.05, 3.63) is 156 Å². The van der Waals surface area contributed by atoms with E-state index in [-0.39, 0.29) is 36.8 Å². The molecule has 0 aliphatic rings. The molecule has 4 aromatic heterocycles. The molecule has 1 radical (unpaired) electrons. The number of halogens is 4. The van der Waals surface area contributed by atoms with Gasteiger partial charge in [0.2, 0.25) is 0 Å². The number of hydrogen-bond acceptors (Lipinski definition) is 5. The first-order valence-corrected chi connectivity index (χ1v) is 13.7. The number of nitrogens with zero attached hydrogens (tertiary/aromatic N) is 4. The van der Waals surface area contributed by atoms with Crippen molar-refractivity contribution in [1.29, 1.82) is 0 Å². The number of benzene rings is 3. The van der Waals surface area contributed by atoms with Crippen LogP contribution in [0.2, 0.25) is 0 Å². The minimum Gasteiger partial charge on any atom is -0.478 e. The second-order valence-corrected chi connectivity index (χ2v) is 9.66. The number of carboxylic acid groups (broad SMARTS) is 1. The average molecular weight is 811 g/mol. The molecule has 47 heavy (non-hydrogen) atoms. The van der Waals surface area contributed by atoms with Gasteiger partial charge in [-0.25, -0.2) is 4.79 Å². The van der Waals surface area contributed by atoms with Gasteiger partial charge in [0.15, 0.2) is 0 Å². The molecule has 7 aromatic rings. The zero-order valence-electron chi connectivity index (χ0n) is 24.4. The van der Waals surface area contributed by atoms with Crippen molar-refractivity contribution in [2.75, 3.05) is 0 Å². The molecular weight excluding hydrogens is 789 g/mol. The number of hydrogen-bond donors (Lipinski definition) is 1. The number of carboxylic acids is 1. The Morgan fingerprint density at radius 3 is 1.60 bits per heavy atom. The van der Waals surface area contributed by atoms with E-state index in [1.54, 1.807) is 61.1 Å². The SMILES string of the molecule is Cc1ccnc2c1ccc1c(C(=O)O)ccnc12.Fc1c[c-]c(-c2ccccn2)c(F)c1.Fc1c[c-]c(-c2ccccn2)c(F)c1.[Ir]. The standard InChI is InChI=1S/C14H10N2O2.2C11H6F2N.Ir/c1-8-4-6-15-12-9(8)2-3-10-11(14(17)18)5-7-16-13(10)12;2*12-8-4-5-9(10(13)7-8)11-3-1-2-6-14-11;/h2-7H,1H3,(H,17,18);2*1-4,6-7H;/q;2*-1;. The number of fused-ring (bicyclic) bond motifs is 3. The van der Waals surface area contributed by atoms with Crippen LogP contribution in [-0.4, -0.2) is 31.0 Å². The van der Waals surface area contributed by atoms with Crippen LogP contribution in [0.4, 0.5) is 17.6 Å². The first-order chi connectivity index (χ1) is 22.2. The fourth-order valence-electron chi connectivity index (χ4n) is 4.46. The summed E-state index contributed by atoms with van der Waals surface area (Å²) in [5.74, 6) is -3.52. The van der Waals surface area contributed by atoms with Gasteiger partial charge in [-0.05, 0) is 48.1 Å². The number of aryl methyl sites for hydroxylation is 1. The van der Waals surface area contributed by atoms with Gasteiger partial charge in [0.1, 0.15) is 0 Å². The van der Waals surface area contributed by atoms with E-state index in [0.29, 0.717) is 22.3 Å². The van der Waals surface area contributed by atoms with Gasteiger partial charge in [0.05, 0.1) is 16.6 Å². The zero-order chi connectivity index (χ0) is 32.6. The first kappa shape index (κ1) is 34.5. The molecule has 0 saturated carbocycles. The molecule has 1 N–H and O–H groups in total. The van der Waals surface area contributed by atoms with E-state index in [1.165, 1.54) is 12.3 Å². The number of aromatic carboxylic acids is 1. The van der Waals surface area contributed by atoms with Gasteiger partial charge in [-0.2, -0.15) is 0 Å². The van der Waals surface area contributed by atoms with Gasteiger partial charge in [-0.3, -0.25) is 27.5 Å². The molecule has 0 amide bonds. The third-order valence-electron chi connectivity index (χ3n) is 6.63. The van der Waals surface area contributed by atoms with Crippen molar-refractivity contribution >= 4 is 27.8 Å². The normalized spacial score (nSPS) is 10.2. The molecule has 0 unspecified atom stereocenters. The molecule has 237 valence electrons. The molecular formula is C36H22F4IrN4O2-2. The summed E-state index contributed by atoms with van der Waals surface area (Å²) in [5.41, 5.74) is 4.01. The second-order valence-electron chi connectivity index (χ2n) is 9.66. The maximum absolute atomic E-state index is 13.2. The Balaban J connectivity index is 0.000000160. The van der Waals surface area contributed by atoms with Gasteiger partial charge >= 0.3 is 5.97 Å². The Bertz CT molecular complexity index is 2070. The van der Waals surface area contributed by atoms with Crippen LogP contribution in [0.5, 0.6) is 0 Å². The Morgan fingerprint density at radius 1 is 0.638 bits per heavy atom. The Kier molecular flexibility index (Phi) is 11.6. The minimum atomic E-state index is -0.950. The van der Waals surface area contributed by atoms with Crippen LogP contribution in [0.15, 0.2) is 110 Å². The number of aromatic nitrogens is 4. The molecule has 0 aliphatic heterocycles. The molecule has 11 heteroatoms. The molecule has 4 heterocycles. The van der Waals surface area contributed by atoms with Crippen molar-refractivity contribution in [2.45, 2.75) is 6.92 Å². The fraction of sp³-hybridized carbons (Fsp3) is 0.0278. The van der Waals surface area contributed by atoms with Crippen LogP contribution in [0, 0.1) is 42.3 Å². The quantitative estimate of drug-likeness (QED) is 0.110. The maximum Gasteiger partial charge on any atom is 0.336 e. The topological polar surface area (TPSA) is 88.9 Å². The molecule has 0 fully saturated rings. The van der Waals surface area contributed by atoms with Crippen molar-refractivity contribution in [1.82, 2.24) is 19.9 Å². The Hall–Kier alpha value is -5.38. The third kappa shape index (κ3) is 8.26. The number of rotatable bonds is 3. The van der Waals surface area contributed by atoms with Crippen LogP contribution >= 0.6 is 0 Å². The van der Waals surface area contributed by atoms with Gasteiger partial charge in [0, 0.05) is 78.9 Å². The zero-order valence-corrected chi connectivity index (χ0v) is 26.8. The predicted octanol–water partition coefficient (Wildman–Crippen LogP) is 8.44. The van der Waals surface area contributed by atoms with Crippen molar-refractivity contribution in [3.63, 3.8) is 0 Å². The van der Waals surface area contributed by atoms with Crippen LogP contribution in [-0.2, 0) is 20.1 Å². The molecule has 0 saturated heterocycles. The van der Waals surface area contributed by atoms with Crippen LogP contribution in [0.3, 0.4) is 0 Å². The Morgan fingerprint density at radius 2 is 1.13 bits per heavy atom. The van der Waals surface area contributed by atoms with Crippen LogP contribution < -0.4 is 0 Å². The molecule has 6 nitrogen and oxygen atoms in total. The van der Waals surface area contributed by atoms with Crippen molar-refractivity contribution in [2.24, 2.45) is 0 Å². The van der Waals surface area contributed by atoms with Crippen molar-refractivity contribution < 1.29 is 47.6 Å². The van der Waals surface area contributed by atoms with E-state index in [9.17, 15) is 22.4 Å². The van der Waals surface area contributed by atoms with Gasteiger partial charge < -0.3 is 15.1 Å². The van der Waals surface area contributed by atoms with Crippen LogP contribution in [0.25, 0.3) is 44.3 Å². The largest absolute Gasteiger partial charge is 0.478 e. The molecule has 7 rings (SSSR count). The molecule has 0 bridgehead atoms. The van der Waals surface area contributed by atoms with Gasteiger partial charge in [-0.1, -0.05) is 59.7 Å². The van der Waals surface area contributed by atoms with E-state index >= 15 is 0 Å². The average Bonchev–Trinajstić information content (AvgIpc) is 3.06. The van der Waals surface area contributed by atoms with E-state index < -0.39 is 29.2 Å². The summed E-state index contributed by atoms with van der Waals surface area (Å²) in [6.07, 6.45) is 6.32. The van der Waals surface area contributed by atoms with E-state index in [0.717, 1.165) is 40.7 Å². The smallest absolute Gasteiger partial charge is 0.336 e. The minimum absolute atomic E-state index is 0. The van der Waals surface area contributed by atoms with Crippen LogP contribution in [0.1, 0.15) is 15.9 Å². The monoisotopic (exact) mass is 811 g/mol. The molecule has 0 atom stereocenters. The van der Waals surface area contributed by atoms with E-state index in [4.69, 9.17) is 5.11 Å². The number of pyridine rings is 4. The summed E-state index contributed by atoms with van der Waals surface area (Å²) >= 11 is 0. The summed E-state index contributed by atoms with van der Waals surface area (Å²) in [4.78, 5) is 27.6. The first-order valence-electron chi connectivity index (χ1n) is 13.7. The number of carbonyl (C=O) groups is 1. The van der Waals surface area contributed by atoms with Crippen molar-refractivity contribution in [3.8, 4) is 22.5 Å². The summed E-state index contributed by atoms with van der Waals surface area (Å²) in [6.45, 7) is 2.00. The molecule has 0 spiro atoms. The predicted molar refractivity (Wildman–Crippen MR) is 166 cm³/mol. The molecule has 3 aromatic carbocycles. The summed E-state index contributed by atoms with van der Waals surface area (Å²) in [6, 6.07) is 26.2. The maximum atomic E-state index is 13.2. The summed E-state index contributed by atoms with van der Waals surface area (Å²) < 4.78 is 51.6. The fourth-order valence-corrected chi connectivity index (χ4v) is 4.46. The summed E-state index contributed by atoms with van der Waals surface area (Å²) in [7, 11) is 0. The Labute approximate surface area is 280 Å². The van der Waals surface area contributed by atoms with E-state index in [1.807, 2.05) is 19.1 Å². The third-order valence-corrected chi connectivity index (χ3v) is 6.63. The summed E-state index contributed by atoms with van der Waals surface area (Å²) in [5, 5.41) is 10.8. The van der Waals surface area contributed by atoms with E-state index in [2.05, 4.69) is 32.1 Å². The van der Waals surface area contributed by atoms with Gasteiger partial charge in [-0.15, -0.1) is 24.3 Å². The molecule has 0 aliphatic carbocycles. The second kappa shape index (κ2) is 15.8.